The van der Waals surface area contributed by atoms with Crippen LogP contribution in [-0.2, 0) is 0 Å². The van der Waals surface area contributed by atoms with E-state index in [1.807, 2.05) is 35.2 Å². The molecule has 142 valence electrons. The van der Waals surface area contributed by atoms with Gasteiger partial charge in [0.05, 0.1) is 0 Å². The molecular formula is C21H20ClN5O. The van der Waals surface area contributed by atoms with E-state index < -0.39 is 0 Å². The Labute approximate surface area is 168 Å². The van der Waals surface area contributed by atoms with E-state index in [2.05, 4.69) is 20.2 Å². The number of piperazine rings is 1. The monoisotopic (exact) mass is 393 g/mol. The molecule has 1 aliphatic rings. The fourth-order valence-electron chi connectivity index (χ4n) is 3.18. The molecule has 0 unspecified atom stereocenters. The predicted molar refractivity (Wildman–Crippen MR) is 111 cm³/mol. The van der Waals surface area contributed by atoms with Gasteiger partial charge in [-0.3, -0.25) is 4.79 Å². The highest BCUT2D eigenvalue weighted by Gasteiger charge is 2.23. The van der Waals surface area contributed by atoms with Crippen LogP contribution in [-0.4, -0.2) is 47.0 Å². The van der Waals surface area contributed by atoms with Gasteiger partial charge in [0.1, 0.15) is 11.6 Å². The molecular weight excluding hydrogens is 374 g/mol. The standard InChI is InChI=1S/C21H20ClN5O/c22-17-4-6-18(7-5-17)25-19-15-16(8-10-23-19)21(28)27-13-11-26(12-14-27)20-3-1-2-9-24-20/h1-10,15H,11-14H2,(H,23,25). The normalized spacial score (nSPS) is 14.0. The number of amides is 1. The summed E-state index contributed by atoms with van der Waals surface area (Å²) in [6.45, 7) is 2.86. The van der Waals surface area contributed by atoms with Crippen molar-refractivity contribution in [3.05, 3.63) is 77.6 Å². The molecule has 0 spiro atoms. The second kappa shape index (κ2) is 8.27. The number of nitrogens with zero attached hydrogens (tertiary/aromatic N) is 4. The van der Waals surface area contributed by atoms with E-state index in [1.54, 1.807) is 36.7 Å². The Balaban J connectivity index is 1.40. The van der Waals surface area contributed by atoms with Crippen molar-refractivity contribution in [2.24, 2.45) is 0 Å². The topological polar surface area (TPSA) is 61.4 Å². The number of halogens is 1. The van der Waals surface area contributed by atoms with E-state index in [4.69, 9.17) is 11.6 Å². The fraction of sp³-hybridized carbons (Fsp3) is 0.190. The van der Waals surface area contributed by atoms with Gasteiger partial charge < -0.3 is 15.1 Å². The van der Waals surface area contributed by atoms with Crippen molar-refractivity contribution < 1.29 is 4.79 Å². The van der Waals surface area contributed by atoms with E-state index in [9.17, 15) is 4.79 Å². The number of aromatic nitrogens is 2. The van der Waals surface area contributed by atoms with Crippen LogP contribution in [0.15, 0.2) is 67.0 Å². The highest BCUT2D eigenvalue weighted by molar-refractivity contribution is 6.30. The van der Waals surface area contributed by atoms with E-state index in [0.29, 0.717) is 29.5 Å². The summed E-state index contributed by atoms with van der Waals surface area (Å²) < 4.78 is 0. The first-order valence-electron chi connectivity index (χ1n) is 9.13. The van der Waals surface area contributed by atoms with Gasteiger partial charge in [-0.2, -0.15) is 0 Å². The van der Waals surface area contributed by atoms with Gasteiger partial charge in [-0.1, -0.05) is 17.7 Å². The molecule has 0 bridgehead atoms. The van der Waals surface area contributed by atoms with Crippen LogP contribution >= 0.6 is 11.6 Å². The van der Waals surface area contributed by atoms with Crippen molar-refractivity contribution >= 4 is 34.8 Å². The van der Waals surface area contributed by atoms with E-state index in [0.717, 1.165) is 24.6 Å². The molecule has 1 aliphatic heterocycles. The lowest BCUT2D eigenvalue weighted by Gasteiger charge is -2.35. The molecule has 3 aromatic rings. The number of benzene rings is 1. The van der Waals surface area contributed by atoms with Gasteiger partial charge in [-0.25, -0.2) is 9.97 Å². The van der Waals surface area contributed by atoms with Crippen molar-refractivity contribution in [1.29, 1.82) is 0 Å². The zero-order chi connectivity index (χ0) is 19.3. The number of hydrogen-bond donors (Lipinski definition) is 1. The third-order valence-electron chi connectivity index (χ3n) is 4.66. The van der Waals surface area contributed by atoms with Crippen LogP contribution < -0.4 is 10.2 Å². The minimum absolute atomic E-state index is 0.0160. The Morgan fingerprint density at radius 1 is 0.929 bits per heavy atom. The first kappa shape index (κ1) is 18.3. The lowest BCUT2D eigenvalue weighted by atomic mass is 10.2. The van der Waals surface area contributed by atoms with Crippen LogP contribution in [0.5, 0.6) is 0 Å². The van der Waals surface area contributed by atoms with Gasteiger partial charge in [0.2, 0.25) is 0 Å². The molecule has 1 saturated heterocycles. The number of pyridine rings is 2. The van der Waals surface area contributed by atoms with Gasteiger partial charge in [0.25, 0.3) is 5.91 Å². The summed E-state index contributed by atoms with van der Waals surface area (Å²) in [5.41, 5.74) is 1.49. The fourth-order valence-corrected chi connectivity index (χ4v) is 3.30. The summed E-state index contributed by atoms with van der Waals surface area (Å²) in [5.74, 6) is 1.59. The third kappa shape index (κ3) is 4.23. The molecule has 1 fully saturated rings. The first-order chi connectivity index (χ1) is 13.7. The van der Waals surface area contributed by atoms with Crippen molar-refractivity contribution in [3.63, 3.8) is 0 Å². The second-order valence-electron chi connectivity index (χ2n) is 6.53. The van der Waals surface area contributed by atoms with Gasteiger partial charge >= 0.3 is 0 Å². The van der Waals surface area contributed by atoms with Gasteiger partial charge in [-0.15, -0.1) is 0 Å². The number of rotatable bonds is 4. The van der Waals surface area contributed by atoms with Gasteiger partial charge in [-0.05, 0) is 48.5 Å². The smallest absolute Gasteiger partial charge is 0.254 e. The van der Waals surface area contributed by atoms with Gasteiger partial charge in [0.15, 0.2) is 0 Å². The Hall–Kier alpha value is -3.12. The summed E-state index contributed by atoms with van der Waals surface area (Å²) in [7, 11) is 0. The Kier molecular flexibility index (Phi) is 5.39. The highest BCUT2D eigenvalue weighted by Crippen LogP contribution is 2.19. The number of carbonyl (C=O) groups excluding carboxylic acids is 1. The van der Waals surface area contributed by atoms with Crippen LogP contribution in [0.4, 0.5) is 17.3 Å². The molecule has 4 rings (SSSR count). The molecule has 1 aromatic carbocycles. The average molecular weight is 394 g/mol. The minimum Gasteiger partial charge on any atom is -0.353 e. The zero-order valence-corrected chi connectivity index (χ0v) is 16.0. The zero-order valence-electron chi connectivity index (χ0n) is 15.3. The molecule has 28 heavy (non-hydrogen) atoms. The maximum atomic E-state index is 12.9. The molecule has 0 saturated carbocycles. The minimum atomic E-state index is 0.0160. The van der Waals surface area contributed by atoms with E-state index in [-0.39, 0.29) is 5.91 Å². The van der Waals surface area contributed by atoms with Crippen molar-refractivity contribution in [2.75, 3.05) is 36.4 Å². The molecule has 3 heterocycles. The quantitative estimate of drug-likeness (QED) is 0.729. The van der Waals surface area contributed by atoms with Crippen molar-refractivity contribution in [2.45, 2.75) is 0 Å². The summed E-state index contributed by atoms with van der Waals surface area (Å²) in [6, 6.07) is 16.8. The Morgan fingerprint density at radius 3 is 2.43 bits per heavy atom. The average Bonchev–Trinajstić information content (AvgIpc) is 2.76. The van der Waals surface area contributed by atoms with Gasteiger partial charge in [0, 0.05) is 54.8 Å². The van der Waals surface area contributed by atoms with Crippen molar-refractivity contribution in [1.82, 2.24) is 14.9 Å². The highest BCUT2D eigenvalue weighted by atomic mass is 35.5. The van der Waals surface area contributed by atoms with Crippen LogP contribution in [0.25, 0.3) is 0 Å². The molecule has 7 heteroatoms. The molecule has 0 atom stereocenters. The SMILES string of the molecule is O=C(c1ccnc(Nc2ccc(Cl)cc2)c1)N1CCN(c2ccccn2)CC1. The third-order valence-corrected chi connectivity index (χ3v) is 4.92. The number of nitrogens with one attached hydrogen (secondary N) is 1. The summed E-state index contributed by atoms with van der Waals surface area (Å²) in [5, 5.41) is 3.87. The maximum Gasteiger partial charge on any atom is 0.254 e. The second-order valence-corrected chi connectivity index (χ2v) is 6.97. The lowest BCUT2D eigenvalue weighted by Crippen LogP contribution is -2.49. The Bertz CT molecular complexity index is 941. The molecule has 2 aromatic heterocycles. The lowest BCUT2D eigenvalue weighted by molar-refractivity contribution is 0.0746. The summed E-state index contributed by atoms with van der Waals surface area (Å²) >= 11 is 5.92. The van der Waals surface area contributed by atoms with Crippen LogP contribution in [0.3, 0.4) is 0 Å². The number of anilines is 3. The summed E-state index contributed by atoms with van der Waals surface area (Å²) in [4.78, 5) is 25.7. The first-order valence-corrected chi connectivity index (χ1v) is 9.51. The molecule has 6 nitrogen and oxygen atoms in total. The van der Waals surface area contributed by atoms with Crippen LogP contribution in [0.2, 0.25) is 5.02 Å². The summed E-state index contributed by atoms with van der Waals surface area (Å²) in [6.07, 6.45) is 3.44. The van der Waals surface area contributed by atoms with E-state index in [1.165, 1.54) is 0 Å². The number of carbonyl (C=O) groups is 1. The molecule has 0 aliphatic carbocycles. The largest absolute Gasteiger partial charge is 0.353 e. The maximum absolute atomic E-state index is 12.9. The Morgan fingerprint density at radius 2 is 1.71 bits per heavy atom. The van der Waals surface area contributed by atoms with Crippen molar-refractivity contribution in [3.8, 4) is 0 Å². The molecule has 0 radical (unpaired) electrons. The molecule has 1 N–H and O–H groups in total. The van der Waals surface area contributed by atoms with Crippen LogP contribution in [0, 0.1) is 0 Å². The molecule has 1 amide bonds. The number of hydrogen-bond acceptors (Lipinski definition) is 5. The predicted octanol–water partition coefficient (Wildman–Crippen LogP) is 3.84. The van der Waals surface area contributed by atoms with Crippen LogP contribution in [0.1, 0.15) is 10.4 Å². The van der Waals surface area contributed by atoms with E-state index >= 15 is 0 Å².